The van der Waals surface area contributed by atoms with Crippen molar-refractivity contribution in [3.05, 3.63) is 0 Å². The quantitative estimate of drug-likeness (QED) is 0.754. The molecule has 0 heterocycles. The molecular formula is C10H18F3NO. The van der Waals surface area contributed by atoms with Crippen LogP contribution in [0.2, 0.25) is 0 Å². The molecule has 0 aliphatic rings. The first kappa shape index (κ1) is 14.4. The molecule has 0 rings (SSSR count). The molecule has 0 amide bonds. The van der Waals surface area contributed by atoms with Crippen molar-refractivity contribution in [2.45, 2.75) is 39.3 Å². The van der Waals surface area contributed by atoms with Crippen LogP contribution in [-0.4, -0.2) is 18.5 Å². The van der Waals surface area contributed by atoms with Gasteiger partial charge in [0.05, 0.1) is 0 Å². The molecular weight excluding hydrogens is 207 g/mol. The predicted molar refractivity (Wildman–Crippen MR) is 52.3 cm³/mol. The first-order chi connectivity index (χ1) is 6.78. The molecule has 1 atom stereocenters. The Labute approximate surface area is 88.0 Å². The van der Waals surface area contributed by atoms with E-state index in [4.69, 9.17) is 5.73 Å². The summed E-state index contributed by atoms with van der Waals surface area (Å²) in [4.78, 5) is 11.5. The van der Waals surface area contributed by atoms with E-state index in [1.165, 1.54) is 0 Å². The fourth-order valence-corrected chi connectivity index (χ4v) is 1.42. The molecule has 0 aromatic carbocycles. The summed E-state index contributed by atoms with van der Waals surface area (Å²) in [6, 6.07) is 0. The molecule has 90 valence electrons. The molecule has 0 aliphatic carbocycles. The number of ketones is 1. The number of hydrogen-bond donors (Lipinski definition) is 1. The van der Waals surface area contributed by atoms with Gasteiger partial charge in [-0.25, -0.2) is 0 Å². The number of alkyl halides is 3. The molecule has 15 heavy (non-hydrogen) atoms. The Morgan fingerprint density at radius 1 is 1.33 bits per heavy atom. The van der Waals surface area contributed by atoms with Crippen molar-refractivity contribution in [3.63, 3.8) is 0 Å². The van der Waals surface area contributed by atoms with Gasteiger partial charge in [0.15, 0.2) is 0 Å². The van der Waals surface area contributed by atoms with Crippen LogP contribution in [0.25, 0.3) is 0 Å². The van der Waals surface area contributed by atoms with Gasteiger partial charge in [0, 0.05) is 25.3 Å². The van der Waals surface area contributed by atoms with Gasteiger partial charge in [0.2, 0.25) is 0 Å². The fourth-order valence-electron chi connectivity index (χ4n) is 1.42. The SMILES string of the molecule is CC(C)C(CN)C(=O)CCCC(F)(F)F. The zero-order valence-electron chi connectivity index (χ0n) is 9.10. The lowest BCUT2D eigenvalue weighted by Gasteiger charge is -2.17. The standard InChI is InChI=1S/C10H18F3NO/c1-7(2)8(6-14)9(15)4-3-5-10(11,12)13/h7-8H,3-6,14H2,1-2H3. The molecule has 2 nitrogen and oxygen atoms in total. The molecule has 5 heteroatoms. The molecule has 0 aliphatic heterocycles. The van der Waals surface area contributed by atoms with Gasteiger partial charge in [-0.2, -0.15) is 13.2 Å². The summed E-state index contributed by atoms with van der Waals surface area (Å²) in [6.07, 6.45) is -5.23. The van der Waals surface area contributed by atoms with Crippen LogP contribution in [0.1, 0.15) is 33.1 Å². The largest absolute Gasteiger partial charge is 0.389 e. The van der Waals surface area contributed by atoms with Crippen LogP contribution in [0.3, 0.4) is 0 Å². The van der Waals surface area contributed by atoms with Gasteiger partial charge in [-0.05, 0) is 12.3 Å². The van der Waals surface area contributed by atoms with Crippen LogP contribution >= 0.6 is 0 Å². The van der Waals surface area contributed by atoms with E-state index >= 15 is 0 Å². The van der Waals surface area contributed by atoms with E-state index in [9.17, 15) is 18.0 Å². The maximum Gasteiger partial charge on any atom is 0.389 e. The first-order valence-corrected chi connectivity index (χ1v) is 5.07. The highest BCUT2D eigenvalue weighted by Crippen LogP contribution is 2.23. The third-order valence-corrected chi connectivity index (χ3v) is 2.36. The van der Waals surface area contributed by atoms with Crippen LogP contribution in [0, 0.1) is 11.8 Å². The molecule has 0 aromatic rings. The number of rotatable bonds is 6. The Bertz CT molecular complexity index is 201. The van der Waals surface area contributed by atoms with Crippen LogP contribution < -0.4 is 5.73 Å². The van der Waals surface area contributed by atoms with Crippen LogP contribution in [-0.2, 0) is 4.79 Å². The maximum atomic E-state index is 11.8. The number of nitrogens with two attached hydrogens (primary N) is 1. The number of Topliss-reactive ketones (excluding diaryl/α,β-unsaturated/α-hetero) is 1. The molecule has 0 radical (unpaired) electrons. The van der Waals surface area contributed by atoms with E-state index in [-0.39, 0.29) is 37.0 Å². The molecule has 2 N–H and O–H groups in total. The van der Waals surface area contributed by atoms with Gasteiger partial charge in [-0.15, -0.1) is 0 Å². The molecule has 1 unspecified atom stereocenters. The lowest BCUT2D eigenvalue weighted by Crippen LogP contribution is -2.28. The first-order valence-electron chi connectivity index (χ1n) is 5.07. The topological polar surface area (TPSA) is 43.1 Å². The zero-order chi connectivity index (χ0) is 12.1. The average molecular weight is 225 g/mol. The Balaban J connectivity index is 3.92. The van der Waals surface area contributed by atoms with Gasteiger partial charge in [0.25, 0.3) is 0 Å². The summed E-state index contributed by atoms with van der Waals surface area (Å²) in [5, 5.41) is 0. The Morgan fingerprint density at radius 2 is 1.87 bits per heavy atom. The fraction of sp³-hybridized carbons (Fsp3) is 0.900. The summed E-state index contributed by atoms with van der Waals surface area (Å²) in [5.74, 6) is -0.372. The number of hydrogen-bond acceptors (Lipinski definition) is 2. The summed E-state index contributed by atoms with van der Waals surface area (Å²) in [7, 11) is 0. The summed E-state index contributed by atoms with van der Waals surface area (Å²) in [6.45, 7) is 3.90. The Morgan fingerprint density at radius 3 is 2.20 bits per heavy atom. The lowest BCUT2D eigenvalue weighted by atomic mass is 9.89. The highest BCUT2D eigenvalue weighted by molar-refractivity contribution is 5.81. The van der Waals surface area contributed by atoms with Crippen LogP contribution in [0.15, 0.2) is 0 Å². The normalized spacial score (nSPS) is 14.3. The summed E-state index contributed by atoms with van der Waals surface area (Å²) < 4.78 is 35.4. The molecule has 0 aromatic heterocycles. The van der Waals surface area contributed by atoms with Gasteiger partial charge in [-0.3, -0.25) is 4.79 Å². The number of carbonyl (C=O) groups is 1. The number of carbonyl (C=O) groups excluding carboxylic acids is 1. The highest BCUT2D eigenvalue weighted by atomic mass is 19.4. The van der Waals surface area contributed by atoms with Gasteiger partial charge in [0.1, 0.15) is 5.78 Å². The van der Waals surface area contributed by atoms with Crippen molar-refractivity contribution in [2.75, 3.05) is 6.54 Å². The van der Waals surface area contributed by atoms with Crippen LogP contribution in [0.5, 0.6) is 0 Å². The summed E-state index contributed by atoms with van der Waals surface area (Å²) in [5.41, 5.74) is 5.39. The third-order valence-electron chi connectivity index (χ3n) is 2.36. The second kappa shape index (κ2) is 6.10. The summed E-state index contributed by atoms with van der Waals surface area (Å²) >= 11 is 0. The minimum absolute atomic E-state index is 0.0282. The van der Waals surface area contributed by atoms with Crippen LogP contribution in [0.4, 0.5) is 13.2 Å². The predicted octanol–water partition coefficient (Wildman–Crippen LogP) is 2.52. The van der Waals surface area contributed by atoms with Crippen molar-refractivity contribution >= 4 is 5.78 Å². The van der Waals surface area contributed by atoms with Crippen molar-refractivity contribution in [1.29, 1.82) is 0 Å². The minimum atomic E-state index is -4.17. The smallest absolute Gasteiger partial charge is 0.330 e. The van der Waals surface area contributed by atoms with Crippen molar-refractivity contribution in [2.24, 2.45) is 17.6 Å². The Hall–Kier alpha value is -0.580. The molecule has 0 saturated heterocycles. The van der Waals surface area contributed by atoms with E-state index in [1.807, 2.05) is 13.8 Å². The number of halogens is 3. The second-order valence-corrected chi connectivity index (χ2v) is 4.02. The highest BCUT2D eigenvalue weighted by Gasteiger charge is 2.27. The van der Waals surface area contributed by atoms with Crippen molar-refractivity contribution < 1.29 is 18.0 Å². The van der Waals surface area contributed by atoms with Crippen molar-refractivity contribution in [3.8, 4) is 0 Å². The molecule has 0 spiro atoms. The van der Waals surface area contributed by atoms with E-state index < -0.39 is 12.6 Å². The Kier molecular flexibility index (Phi) is 5.87. The molecule has 0 saturated carbocycles. The average Bonchev–Trinajstić information content (AvgIpc) is 2.01. The van der Waals surface area contributed by atoms with E-state index in [0.717, 1.165) is 0 Å². The van der Waals surface area contributed by atoms with Crippen molar-refractivity contribution in [1.82, 2.24) is 0 Å². The van der Waals surface area contributed by atoms with Gasteiger partial charge >= 0.3 is 6.18 Å². The third kappa shape index (κ3) is 6.49. The van der Waals surface area contributed by atoms with E-state index in [0.29, 0.717) is 0 Å². The molecule has 0 fully saturated rings. The minimum Gasteiger partial charge on any atom is -0.330 e. The monoisotopic (exact) mass is 225 g/mol. The van der Waals surface area contributed by atoms with E-state index in [2.05, 4.69) is 0 Å². The zero-order valence-corrected chi connectivity index (χ0v) is 9.10. The lowest BCUT2D eigenvalue weighted by molar-refractivity contribution is -0.137. The van der Waals surface area contributed by atoms with Gasteiger partial charge < -0.3 is 5.73 Å². The molecule has 0 bridgehead atoms. The van der Waals surface area contributed by atoms with Gasteiger partial charge in [-0.1, -0.05) is 13.8 Å². The van der Waals surface area contributed by atoms with E-state index in [1.54, 1.807) is 0 Å². The second-order valence-electron chi connectivity index (χ2n) is 4.02. The maximum absolute atomic E-state index is 11.8.